The molecule has 0 radical (unpaired) electrons. The van der Waals surface area contributed by atoms with Gasteiger partial charge in [0, 0.05) is 25.9 Å². The summed E-state index contributed by atoms with van der Waals surface area (Å²) in [6.45, 7) is 1.94. The number of rotatable bonds is 1. The van der Waals surface area contributed by atoms with Gasteiger partial charge in [-0.05, 0) is 17.9 Å². The van der Waals surface area contributed by atoms with E-state index in [0.717, 1.165) is 10.5 Å². The molecule has 0 aromatic rings. The summed E-state index contributed by atoms with van der Waals surface area (Å²) in [5.74, 6) is 0. The molecular weight excluding hydrogens is 158 g/mol. The third kappa shape index (κ3) is 2.12. The summed E-state index contributed by atoms with van der Waals surface area (Å²) in [5, 5.41) is 0.149. The molecule has 0 unspecified atom stereocenters. The van der Waals surface area contributed by atoms with Crippen LogP contribution in [0.2, 0.25) is 0 Å². The van der Waals surface area contributed by atoms with Crippen LogP contribution in [0.1, 0.15) is 6.92 Å². The number of hydrogen-bond acceptors (Lipinski definition) is 3. The van der Waals surface area contributed by atoms with Crippen LogP contribution in [-0.4, -0.2) is 24.1 Å². The van der Waals surface area contributed by atoms with E-state index < -0.39 is 0 Å². The molecule has 0 aromatic carbocycles. The lowest BCUT2D eigenvalue weighted by molar-refractivity contribution is -0.107. The third-order valence-corrected chi connectivity index (χ3v) is 2.11. The molecule has 0 spiro atoms. The number of allylic oxidation sites excluding steroid dienone is 2. The van der Waals surface area contributed by atoms with Gasteiger partial charge in [0.1, 0.15) is 0 Å². The Bertz CT molecular complexity index is 240. The Morgan fingerprint density at radius 3 is 2.55 bits per heavy atom. The number of thioether (sulfide) groups is 1. The molecule has 1 heterocycles. The smallest absolute Gasteiger partial charge is 0.225 e. The van der Waals surface area contributed by atoms with Gasteiger partial charge in [-0.2, -0.15) is 0 Å². The predicted octanol–water partition coefficient (Wildman–Crippen LogP) is 1.61. The van der Waals surface area contributed by atoms with Crippen molar-refractivity contribution in [2.45, 2.75) is 6.92 Å². The second-order valence-corrected chi connectivity index (χ2v) is 3.91. The first-order valence-corrected chi connectivity index (χ1v) is 4.20. The second-order valence-electron chi connectivity index (χ2n) is 2.69. The van der Waals surface area contributed by atoms with Gasteiger partial charge in [-0.25, -0.2) is 0 Å². The zero-order chi connectivity index (χ0) is 8.43. The molecule has 2 nitrogen and oxygen atoms in total. The normalized spacial score (nSPS) is 20.8. The molecule has 0 fully saturated rings. The van der Waals surface area contributed by atoms with Gasteiger partial charge in [-0.1, -0.05) is 11.8 Å². The SMILES string of the molecule is CC1=C/C(=C/N(C)C)C(=O)S1. The van der Waals surface area contributed by atoms with Crippen LogP contribution in [0.5, 0.6) is 0 Å². The van der Waals surface area contributed by atoms with Crippen molar-refractivity contribution in [3.63, 3.8) is 0 Å². The molecule has 0 N–H and O–H groups in total. The quantitative estimate of drug-likeness (QED) is 0.556. The summed E-state index contributed by atoms with van der Waals surface area (Å²) >= 11 is 1.30. The van der Waals surface area contributed by atoms with E-state index >= 15 is 0 Å². The Hall–Kier alpha value is -0.700. The summed E-state index contributed by atoms with van der Waals surface area (Å²) < 4.78 is 0. The second kappa shape index (κ2) is 3.13. The molecule has 0 saturated heterocycles. The summed E-state index contributed by atoms with van der Waals surface area (Å²) in [6.07, 6.45) is 3.75. The lowest BCUT2D eigenvalue weighted by Crippen LogP contribution is -2.04. The van der Waals surface area contributed by atoms with Gasteiger partial charge in [0.25, 0.3) is 0 Å². The zero-order valence-electron chi connectivity index (χ0n) is 6.92. The van der Waals surface area contributed by atoms with Crippen LogP contribution in [-0.2, 0) is 4.79 Å². The Morgan fingerprint density at radius 2 is 2.18 bits per heavy atom. The lowest BCUT2D eigenvalue weighted by Gasteiger charge is -2.03. The number of hydrogen-bond donors (Lipinski definition) is 0. The highest BCUT2D eigenvalue weighted by Crippen LogP contribution is 2.29. The Morgan fingerprint density at radius 1 is 1.55 bits per heavy atom. The van der Waals surface area contributed by atoms with Crippen LogP contribution >= 0.6 is 11.8 Å². The lowest BCUT2D eigenvalue weighted by atomic mass is 10.3. The van der Waals surface area contributed by atoms with Gasteiger partial charge in [-0.3, -0.25) is 4.79 Å². The molecular formula is C8H11NOS. The third-order valence-electron chi connectivity index (χ3n) is 1.25. The minimum Gasteiger partial charge on any atom is -0.383 e. The molecule has 0 saturated carbocycles. The van der Waals surface area contributed by atoms with Gasteiger partial charge < -0.3 is 4.90 Å². The topological polar surface area (TPSA) is 20.3 Å². The highest BCUT2D eigenvalue weighted by atomic mass is 32.2. The van der Waals surface area contributed by atoms with E-state index in [1.54, 1.807) is 0 Å². The van der Waals surface area contributed by atoms with Crippen molar-refractivity contribution in [2.75, 3.05) is 14.1 Å². The molecule has 11 heavy (non-hydrogen) atoms. The van der Waals surface area contributed by atoms with Crippen molar-refractivity contribution in [1.29, 1.82) is 0 Å². The van der Waals surface area contributed by atoms with Crippen LogP contribution in [0.15, 0.2) is 22.8 Å². The van der Waals surface area contributed by atoms with Crippen LogP contribution < -0.4 is 0 Å². The maximum Gasteiger partial charge on any atom is 0.225 e. The molecule has 0 aromatic heterocycles. The van der Waals surface area contributed by atoms with Gasteiger partial charge in [0.05, 0.1) is 0 Å². The maximum absolute atomic E-state index is 11.1. The largest absolute Gasteiger partial charge is 0.383 e. The highest BCUT2D eigenvalue weighted by molar-refractivity contribution is 8.17. The summed E-state index contributed by atoms with van der Waals surface area (Å²) in [6, 6.07) is 0. The monoisotopic (exact) mass is 169 g/mol. The van der Waals surface area contributed by atoms with Crippen molar-refractivity contribution in [1.82, 2.24) is 4.90 Å². The van der Waals surface area contributed by atoms with E-state index in [9.17, 15) is 4.79 Å². The molecule has 1 aliphatic rings. The molecule has 0 atom stereocenters. The van der Waals surface area contributed by atoms with E-state index in [1.165, 1.54) is 11.8 Å². The molecule has 1 rings (SSSR count). The van der Waals surface area contributed by atoms with E-state index in [2.05, 4.69) is 0 Å². The van der Waals surface area contributed by atoms with Crippen molar-refractivity contribution in [3.05, 3.63) is 22.8 Å². The van der Waals surface area contributed by atoms with E-state index in [0.29, 0.717) is 0 Å². The maximum atomic E-state index is 11.1. The minimum atomic E-state index is 0.149. The van der Waals surface area contributed by atoms with E-state index in [-0.39, 0.29) is 5.12 Å². The predicted molar refractivity (Wildman–Crippen MR) is 48.1 cm³/mol. The molecule has 0 amide bonds. The Balaban J connectivity index is 2.81. The van der Waals surface area contributed by atoms with E-state index in [1.807, 2.05) is 38.2 Å². The molecule has 1 aliphatic heterocycles. The fourth-order valence-corrected chi connectivity index (χ4v) is 1.59. The summed E-state index contributed by atoms with van der Waals surface area (Å²) in [5.41, 5.74) is 0.789. The molecule has 3 heteroatoms. The van der Waals surface area contributed by atoms with Crippen LogP contribution in [0.25, 0.3) is 0 Å². The first-order chi connectivity index (χ1) is 5.09. The van der Waals surface area contributed by atoms with Gasteiger partial charge in [-0.15, -0.1) is 0 Å². The average Bonchev–Trinajstić information content (AvgIpc) is 2.09. The first-order valence-electron chi connectivity index (χ1n) is 3.38. The highest BCUT2D eigenvalue weighted by Gasteiger charge is 2.16. The van der Waals surface area contributed by atoms with Crippen molar-refractivity contribution >= 4 is 16.9 Å². The van der Waals surface area contributed by atoms with Crippen molar-refractivity contribution < 1.29 is 4.79 Å². The molecule has 0 aliphatic carbocycles. The molecule has 0 bridgehead atoms. The summed E-state index contributed by atoms with van der Waals surface area (Å²) in [7, 11) is 3.82. The Kier molecular flexibility index (Phi) is 2.39. The summed E-state index contributed by atoms with van der Waals surface area (Å²) in [4.78, 5) is 14.1. The van der Waals surface area contributed by atoms with Crippen LogP contribution in [0.3, 0.4) is 0 Å². The van der Waals surface area contributed by atoms with Gasteiger partial charge >= 0.3 is 0 Å². The van der Waals surface area contributed by atoms with Crippen molar-refractivity contribution in [2.24, 2.45) is 0 Å². The fraction of sp³-hybridized carbons (Fsp3) is 0.375. The van der Waals surface area contributed by atoms with Crippen LogP contribution in [0.4, 0.5) is 0 Å². The Labute approximate surface area is 71.0 Å². The first kappa shape index (κ1) is 8.40. The molecule has 60 valence electrons. The average molecular weight is 169 g/mol. The number of carbonyl (C=O) groups is 1. The van der Waals surface area contributed by atoms with E-state index in [4.69, 9.17) is 0 Å². The van der Waals surface area contributed by atoms with Gasteiger partial charge in [0.15, 0.2) is 0 Å². The minimum absolute atomic E-state index is 0.149. The zero-order valence-corrected chi connectivity index (χ0v) is 7.73. The number of carbonyl (C=O) groups excluding carboxylic acids is 1. The fourth-order valence-electron chi connectivity index (χ4n) is 0.881. The standard InChI is InChI=1S/C8H11NOS/c1-6-4-7(5-9(2)3)8(10)11-6/h4-5H,1-3H3/b7-5-. The van der Waals surface area contributed by atoms with Crippen molar-refractivity contribution in [3.8, 4) is 0 Å². The number of nitrogens with zero attached hydrogens (tertiary/aromatic N) is 1. The van der Waals surface area contributed by atoms with Crippen LogP contribution in [0, 0.1) is 0 Å². The van der Waals surface area contributed by atoms with Gasteiger partial charge in [0.2, 0.25) is 5.12 Å².